The summed E-state index contributed by atoms with van der Waals surface area (Å²) in [7, 11) is -1.66. The number of ether oxygens (including phenoxy) is 2. The van der Waals surface area contributed by atoms with Gasteiger partial charge in [-0.05, 0) is 18.4 Å². The Morgan fingerprint density at radius 3 is 2.55 bits per heavy atom. The standard InChI is InChI=1S/C14H23NO4S/c1-18-10-11-19-12-13-20(16,17)15-9-5-8-14-6-3-2-4-7-14/h2-4,6-7,15H,5,8-13H2,1H3. The molecule has 114 valence electrons. The van der Waals surface area contributed by atoms with Gasteiger partial charge in [0, 0.05) is 13.7 Å². The molecule has 0 bridgehead atoms. The van der Waals surface area contributed by atoms with Gasteiger partial charge < -0.3 is 9.47 Å². The van der Waals surface area contributed by atoms with Crippen molar-refractivity contribution in [2.24, 2.45) is 0 Å². The number of sulfonamides is 1. The summed E-state index contributed by atoms with van der Waals surface area (Å²) in [5.41, 5.74) is 1.22. The van der Waals surface area contributed by atoms with E-state index in [4.69, 9.17) is 9.47 Å². The van der Waals surface area contributed by atoms with E-state index in [0.29, 0.717) is 19.8 Å². The van der Waals surface area contributed by atoms with E-state index in [1.165, 1.54) is 5.56 Å². The third kappa shape index (κ3) is 8.27. The molecule has 0 unspecified atom stereocenters. The first-order valence-electron chi connectivity index (χ1n) is 6.72. The van der Waals surface area contributed by atoms with E-state index in [1.807, 2.05) is 30.3 Å². The molecule has 6 heteroatoms. The fourth-order valence-electron chi connectivity index (χ4n) is 1.65. The van der Waals surface area contributed by atoms with Crippen molar-refractivity contribution in [3.05, 3.63) is 35.9 Å². The lowest BCUT2D eigenvalue weighted by atomic mass is 10.1. The van der Waals surface area contributed by atoms with Crippen molar-refractivity contribution in [1.82, 2.24) is 4.72 Å². The maximum absolute atomic E-state index is 11.7. The molecule has 0 spiro atoms. The van der Waals surface area contributed by atoms with Gasteiger partial charge in [-0.3, -0.25) is 0 Å². The fraction of sp³-hybridized carbons (Fsp3) is 0.571. The molecular weight excluding hydrogens is 278 g/mol. The first kappa shape index (κ1) is 17.1. The van der Waals surface area contributed by atoms with Gasteiger partial charge in [0.2, 0.25) is 10.0 Å². The molecule has 0 radical (unpaired) electrons. The van der Waals surface area contributed by atoms with Gasteiger partial charge >= 0.3 is 0 Å². The number of methoxy groups -OCH3 is 1. The summed E-state index contributed by atoms with van der Waals surface area (Å²) < 4.78 is 35.8. The monoisotopic (exact) mass is 301 g/mol. The van der Waals surface area contributed by atoms with Gasteiger partial charge in [-0.2, -0.15) is 0 Å². The van der Waals surface area contributed by atoms with Crippen LogP contribution in [-0.4, -0.2) is 47.6 Å². The normalized spacial score (nSPS) is 11.7. The molecule has 0 saturated heterocycles. The van der Waals surface area contributed by atoms with Crippen LogP contribution in [0.2, 0.25) is 0 Å². The third-order valence-corrected chi connectivity index (χ3v) is 4.08. The molecule has 0 aliphatic carbocycles. The molecule has 0 aliphatic heterocycles. The third-order valence-electron chi connectivity index (χ3n) is 2.74. The van der Waals surface area contributed by atoms with Crippen molar-refractivity contribution in [2.75, 3.05) is 39.2 Å². The topological polar surface area (TPSA) is 64.6 Å². The molecule has 20 heavy (non-hydrogen) atoms. The van der Waals surface area contributed by atoms with Crippen molar-refractivity contribution in [3.8, 4) is 0 Å². The van der Waals surface area contributed by atoms with Crippen LogP contribution in [0.25, 0.3) is 0 Å². The van der Waals surface area contributed by atoms with Crippen molar-refractivity contribution in [3.63, 3.8) is 0 Å². The summed E-state index contributed by atoms with van der Waals surface area (Å²) in [6.07, 6.45) is 1.65. The lowest BCUT2D eigenvalue weighted by Crippen LogP contribution is -2.29. The smallest absolute Gasteiger partial charge is 0.213 e. The van der Waals surface area contributed by atoms with Crippen LogP contribution >= 0.6 is 0 Å². The minimum atomic E-state index is -3.24. The Hall–Kier alpha value is -0.950. The van der Waals surface area contributed by atoms with Gasteiger partial charge in [-0.25, -0.2) is 13.1 Å². The van der Waals surface area contributed by atoms with Crippen LogP contribution < -0.4 is 4.72 Å². The highest BCUT2D eigenvalue weighted by Gasteiger charge is 2.08. The largest absolute Gasteiger partial charge is 0.382 e. The van der Waals surface area contributed by atoms with E-state index < -0.39 is 10.0 Å². The van der Waals surface area contributed by atoms with E-state index in [-0.39, 0.29) is 12.4 Å². The fourth-order valence-corrected chi connectivity index (χ4v) is 2.59. The lowest BCUT2D eigenvalue weighted by molar-refractivity contribution is 0.0784. The van der Waals surface area contributed by atoms with E-state index >= 15 is 0 Å². The Labute approximate surface area is 121 Å². The van der Waals surface area contributed by atoms with Crippen LogP contribution in [0.1, 0.15) is 12.0 Å². The SMILES string of the molecule is COCCOCCS(=O)(=O)NCCCc1ccccc1. The van der Waals surface area contributed by atoms with Crippen LogP contribution in [0.3, 0.4) is 0 Å². The van der Waals surface area contributed by atoms with Gasteiger partial charge in [0.1, 0.15) is 0 Å². The number of aryl methyl sites for hydroxylation is 1. The minimum absolute atomic E-state index is 0.0119. The molecule has 0 amide bonds. The van der Waals surface area contributed by atoms with E-state index in [0.717, 1.165) is 12.8 Å². The summed E-state index contributed by atoms with van der Waals surface area (Å²) in [4.78, 5) is 0. The summed E-state index contributed by atoms with van der Waals surface area (Å²) >= 11 is 0. The average molecular weight is 301 g/mol. The molecule has 0 atom stereocenters. The van der Waals surface area contributed by atoms with Gasteiger partial charge in [0.15, 0.2) is 0 Å². The molecule has 0 heterocycles. The second-order valence-electron chi connectivity index (χ2n) is 4.41. The molecule has 1 rings (SSSR count). The molecule has 5 nitrogen and oxygen atoms in total. The molecule has 0 aromatic heterocycles. The first-order chi connectivity index (χ1) is 9.64. The summed E-state index contributed by atoms with van der Waals surface area (Å²) in [6, 6.07) is 10.0. The van der Waals surface area contributed by atoms with Gasteiger partial charge in [0.25, 0.3) is 0 Å². The maximum atomic E-state index is 11.7. The highest BCUT2D eigenvalue weighted by atomic mass is 32.2. The zero-order chi connectivity index (χ0) is 14.7. The molecule has 1 aromatic rings. The van der Waals surface area contributed by atoms with E-state index in [2.05, 4.69) is 4.72 Å². The van der Waals surface area contributed by atoms with Crippen molar-refractivity contribution < 1.29 is 17.9 Å². The highest BCUT2D eigenvalue weighted by Crippen LogP contribution is 2.01. The van der Waals surface area contributed by atoms with Gasteiger partial charge in [-0.1, -0.05) is 30.3 Å². The van der Waals surface area contributed by atoms with Crippen LogP contribution in [0.5, 0.6) is 0 Å². The van der Waals surface area contributed by atoms with Crippen molar-refractivity contribution in [2.45, 2.75) is 12.8 Å². The van der Waals surface area contributed by atoms with Crippen molar-refractivity contribution in [1.29, 1.82) is 0 Å². The Balaban J connectivity index is 2.10. The van der Waals surface area contributed by atoms with Gasteiger partial charge in [-0.15, -0.1) is 0 Å². The first-order valence-corrected chi connectivity index (χ1v) is 8.37. The molecule has 0 aliphatic rings. The summed E-state index contributed by atoms with van der Waals surface area (Å²) in [6.45, 7) is 1.54. The van der Waals surface area contributed by atoms with Crippen LogP contribution in [0.15, 0.2) is 30.3 Å². The lowest BCUT2D eigenvalue weighted by Gasteiger charge is -2.07. The van der Waals surface area contributed by atoms with Crippen molar-refractivity contribution >= 4 is 10.0 Å². The number of hydrogen-bond donors (Lipinski definition) is 1. The van der Waals surface area contributed by atoms with Crippen LogP contribution in [-0.2, 0) is 25.9 Å². The van der Waals surface area contributed by atoms with Crippen LogP contribution in [0.4, 0.5) is 0 Å². The van der Waals surface area contributed by atoms with Crippen LogP contribution in [0, 0.1) is 0 Å². The second-order valence-corrected chi connectivity index (χ2v) is 6.33. The Morgan fingerprint density at radius 1 is 1.10 bits per heavy atom. The summed E-state index contributed by atoms with van der Waals surface area (Å²) in [5.74, 6) is -0.0119. The molecule has 1 aromatic carbocycles. The minimum Gasteiger partial charge on any atom is -0.382 e. The highest BCUT2D eigenvalue weighted by molar-refractivity contribution is 7.89. The molecule has 0 fully saturated rings. The van der Waals surface area contributed by atoms with Gasteiger partial charge in [0.05, 0.1) is 25.6 Å². The number of nitrogens with one attached hydrogen (secondary N) is 1. The predicted octanol–water partition coefficient (Wildman–Crippen LogP) is 1.20. The second kappa shape index (κ2) is 9.88. The summed E-state index contributed by atoms with van der Waals surface area (Å²) in [5, 5.41) is 0. The zero-order valence-corrected chi connectivity index (χ0v) is 12.7. The predicted molar refractivity (Wildman–Crippen MR) is 79.2 cm³/mol. The zero-order valence-electron chi connectivity index (χ0n) is 11.9. The quantitative estimate of drug-likeness (QED) is 0.624. The number of hydrogen-bond acceptors (Lipinski definition) is 4. The molecule has 1 N–H and O–H groups in total. The molecule has 0 saturated carbocycles. The number of benzene rings is 1. The average Bonchev–Trinajstić information content (AvgIpc) is 2.44. The van der Waals surface area contributed by atoms with E-state index in [1.54, 1.807) is 7.11 Å². The Kier molecular flexibility index (Phi) is 8.45. The molecular formula is C14H23NO4S. The van der Waals surface area contributed by atoms with E-state index in [9.17, 15) is 8.42 Å². The Bertz CT molecular complexity index is 448. The maximum Gasteiger partial charge on any atom is 0.213 e. The number of rotatable bonds is 11. The Morgan fingerprint density at radius 2 is 1.85 bits per heavy atom.